The summed E-state index contributed by atoms with van der Waals surface area (Å²) in [6.45, 7) is 27.4. The maximum absolute atomic E-state index is 5.01. The Labute approximate surface area is 584 Å². The van der Waals surface area contributed by atoms with Crippen LogP contribution in [0.15, 0.2) is 219 Å². The molecule has 0 radical (unpaired) electrons. The lowest BCUT2D eigenvalue weighted by Gasteiger charge is -2.22. The molecule has 0 N–H and O–H groups in total. The summed E-state index contributed by atoms with van der Waals surface area (Å²) in [7, 11) is 0. The molecule has 0 bridgehead atoms. The monoisotopic (exact) mass is 1280 g/mol. The van der Waals surface area contributed by atoms with Gasteiger partial charge in [0.05, 0.1) is 0 Å². The molecule has 0 amide bonds. The molecule has 0 saturated heterocycles. The van der Waals surface area contributed by atoms with Gasteiger partial charge in [-0.1, -0.05) is 241 Å². The summed E-state index contributed by atoms with van der Waals surface area (Å²) in [5.41, 5.74) is 15.1. The second-order valence-electron chi connectivity index (χ2n) is 32.1. The summed E-state index contributed by atoms with van der Waals surface area (Å²) in [4.78, 5) is 10.0. The fraction of sp³-hybridized carbons (Fsp3) is 0.163. The van der Waals surface area contributed by atoms with Crippen LogP contribution in [0.3, 0.4) is 0 Å². The zero-order chi connectivity index (χ0) is 68.5. The molecule has 0 aliphatic rings. The predicted molar refractivity (Wildman–Crippen MR) is 429 cm³/mol. The molecule has 2 aromatic heterocycles. The van der Waals surface area contributed by atoms with Gasteiger partial charge in [-0.25, -0.2) is 0 Å². The number of rotatable bonds is 4. The minimum Gasteiger partial charge on any atom is -0.263 e. The van der Waals surface area contributed by atoms with Gasteiger partial charge >= 0.3 is 0 Å². The third kappa shape index (κ3) is 9.92. The Morgan fingerprint density at radius 3 is 0.510 bits per heavy atom. The summed E-state index contributed by atoms with van der Waals surface area (Å²) in [6.07, 6.45) is 7.86. The van der Waals surface area contributed by atoms with E-state index in [4.69, 9.17) is 9.97 Å². The Bertz CT molecular complexity index is 5760. The van der Waals surface area contributed by atoms with E-state index in [2.05, 4.69) is 325 Å². The van der Waals surface area contributed by atoms with Crippen LogP contribution in [-0.4, -0.2) is 9.97 Å². The van der Waals surface area contributed by atoms with Gasteiger partial charge in [0.1, 0.15) is 0 Å². The summed E-state index contributed by atoms with van der Waals surface area (Å²) in [5, 5.41) is 29.8. The van der Waals surface area contributed by atoms with Gasteiger partial charge in [0.15, 0.2) is 0 Å². The summed E-state index contributed by atoms with van der Waals surface area (Å²) < 4.78 is 0. The molecule has 474 valence electrons. The molecule has 0 aliphatic heterocycles. The second-order valence-corrected chi connectivity index (χ2v) is 32.1. The first-order valence-corrected chi connectivity index (χ1v) is 35.0. The van der Waals surface area contributed by atoms with Gasteiger partial charge in [-0.05, 0) is 279 Å². The van der Waals surface area contributed by atoms with Gasteiger partial charge in [-0.3, -0.25) is 9.97 Å². The van der Waals surface area contributed by atoms with E-state index in [0.29, 0.717) is 0 Å². The Morgan fingerprint density at radius 1 is 0.200 bits per heavy atom. The lowest BCUT2D eigenvalue weighted by Crippen LogP contribution is -2.10. The first kappa shape index (κ1) is 60.6. The van der Waals surface area contributed by atoms with Crippen molar-refractivity contribution in [3.05, 3.63) is 252 Å². The van der Waals surface area contributed by atoms with E-state index < -0.39 is 0 Å². The fourth-order valence-corrected chi connectivity index (χ4v) is 16.1. The highest BCUT2D eigenvalue weighted by molar-refractivity contribution is 6.28. The van der Waals surface area contributed by atoms with Crippen molar-refractivity contribution < 1.29 is 0 Å². The largest absolute Gasteiger partial charge is 0.263 e. The van der Waals surface area contributed by atoms with Crippen LogP contribution in [0.4, 0.5) is 0 Å². The van der Waals surface area contributed by atoms with Crippen LogP contribution in [0.5, 0.6) is 0 Å². The molecule has 2 heteroatoms. The highest BCUT2D eigenvalue weighted by Gasteiger charge is 2.25. The number of benzene rings is 16. The number of pyridine rings is 2. The third-order valence-corrected chi connectivity index (χ3v) is 21.4. The van der Waals surface area contributed by atoms with Gasteiger partial charge in [-0.2, -0.15) is 0 Å². The maximum Gasteiger partial charge on any atom is 0.0443 e. The van der Waals surface area contributed by atoms with Gasteiger partial charge in [-0.15, -0.1) is 0 Å². The number of hydrogen-bond acceptors (Lipinski definition) is 2. The predicted octanol–water partition coefficient (Wildman–Crippen LogP) is 25.3. The van der Waals surface area contributed by atoms with Crippen LogP contribution in [-0.2, 0) is 21.7 Å². The van der Waals surface area contributed by atoms with Crippen LogP contribution < -0.4 is 0 Å². The molecular weight excluding hydrogens is 1210 g/mol. The van der Waals surface area contributed by atoms with Gasteiger partial charge in [0.25, 0.3) is 0 Å². The highest BCUT2D eigenvalue weighted by Crippen LogP contribution is 2.47. The van der Waals surface area contributed by atoms with Crippen molar-refractivity contribution in [2.45, 2.75) is 105 Å². The molecule has 2 heterocycles. The van der Waals surface area contributed by atoms with Crippen molar-refractivity contribution in [1.29, 1.82) is 0 Å². The van der Waals surface area contributed by atoms with Crippen LogP contribution in [0, 0.1) is 47.4 Å². The standard InChI is InChI=1S/C98H72N2/c1-95(2,3)77-45-65-29-21-57-37-73(38-58-22-30-66(46-77)91(65)87(57)58)83-53-99-54-84(74-39-59-23-31-67-47-78(96(4,5)6)48-68-32-24-60(40-74)88(59)92(67)68)81(83)19-17-15-13-14-16-18-20-82-85(75-41-61-25-33-69-49-79(97(7,8)9)50-70-34-26-62(42-75)89(61)93(69)70)55-100-56-86(82)76-43-63-27-35-71-51-80(98(10,11)12)52-72-36-28-64(44-76)90(63)94(71)72/h21-56H,1-12H3. The average Bonchev–Trinajstić information content (AvgIpc) is 0.747. The zero-order valence-corrected chi connectivity index (χ0v) is 58.7. The number of nitrogens with zero attached hydrogens (tertiary/aromatic N) is 2. The minimum absolute atomic E-state index is 0.0277. The van der Waals surface area contributed by atoms with Gasteiger partial charge in [0, 0.05) is 58.2 Å². The van der Waals surface area contributed by atoms with Crippen LogP contribution in [0.2, 0.25) is 0 Å². The van der Waals surface area contributed by atoms with E-state index in [9.17, 15) is 0 Å². The molecule has 0 atom stereocenters. The van der Waals surface area contributed by atoms with E-state index >= 15 is 0 Å². The number of hydrogen-bond donors (Lipinski definition) is 0. The molecule has 18 rings (SSSR count). The minimum atomic E-state index is 0.0277. The first-order chi connectivity index (χ1) is 48.0. The van der Waals surface area contributed by atoms with Gasteiger partial charge < -0.3 is 0 Å². The summed E-state index contributed by atoms with van der Waals surface area (Å²) in [5.74, 6) is 26.3. The topological polar surface area (TPSA) is 25.8 Å². The van der Waals surface area contributed by atoms with E-state index in [1.807, 2.05) is 24.8 Å². The SMILES string of the molecule is CC(C)(C)c1cc2ccc3cc(-c4cncc(-c5cc6ccc7cc(C(C)(C)C)cc8ccc(c5)c6c78)c4C#CC#CC#CC#Cc4c(-c5cc6ccc7cc(C(C)(C)C)cc8ccc(c5)c6c78)cncc4-c4cc5ccc6cc(C(C)(C)C)cc7ccc(c4)c5c67)cc4ccc(c1)c2c34. The molecule has 100 heavy (non-hydrogen) atoms. The van der Waals surface area contributed by atoms with Crippen LogP contribution >= 0.6 is 0 Å². The molecular formula is C98H72N2. The maximum atomic E-state index is 5.01. The zero-order valence-electron chi connectivity index (χ0n) is 58.7. The number of aromatic nitrogens is 2. The van der Waals surface area contributed by atoms with Crippen molar-refractivity contribution >= 4 is 129 Å². The molecule has 0 saturated carbocycles. The normalized spacial score (nSPS) is 12.5. The van der Waals surface area contributed by atoms with Crippen molar-refractivity contribution in [2.24, 2.45) is 0 Å². The van der Waals surface area contributed by atoms with Crippen molar-refractivity contribution in [3.8, 4) is 91.9 Å². The molecule has 16 aromatic carbocycles. The Kier molecular flexibility index (Phi) is 13.3. The lowest BCUT2D eigenvalue weighted by atomic mass is 9.82. The van der Waals surface area contributed by atoms with Crippen LogP contribution in [0.25, 0.3) is 174 Å². The molecule has 18 aromatic rings. The smallest absolute Gasteiger partial charge is 0.0443 e. The fourth-order valence-electron chi connectivity index (χ4n) is 16.1. The molecule has 0 aliphatic carbocycles. The lowest BCUT2D eigenvalue weighted by molar-refractivity contribution is 0.591. The quantitative estimate of drug-likeness (QED) is 0.130. The second kappa shape index (κ2) is 21.9. The van der Waals surface area contributed by atoms with Gasteiger partial charge in [0.2, 0.25) is 0 Å². The molecule has 2 nitrogen and oxygen atoms in total. The van der Waals surface area contributed by atoms with E-state index in [0.717, 1.165) is 55.6 Å². The summed E-state index contributed by atoms with van der Waals surface area (Å²) >= 11 is 0. The molecule has 0 spiro atoms. The van der Waals surface area contributed by atoms with Crippen molar-refractivity contribution in [2.75, 3.05) is 0 Å². The Balaban J connectivity index is 0.764. The van der Waals surface area contributed by atoms with Crippen molar-refractivity contribution in [3.63, 3.8) is 0 Å². The van der Waals surface area contributed by atoms with Crippen LogP contribution in [0.1, 0.15) is 116 Å². The Hall–Kier alpha value is -11.8. The van der Waals surface area contributed by atoms with E-state index in [-0.39, 0.29) is 21.7 Å². The van der Waals surface area contributed by atoms with E-state index in [1.54, 1.807) is 0 Å². The first-order valence-electron chi connectivity index (χ1n) is 35.0. The van der Waals surface area contributed by atoms with Crippen molar-refractivity contribution in [1.82, 2.24) is 9.97 Å². The highest BCUT2D eigenvalue weighted by atomic mass is 14.6. The Morgan fingerprint density at radius 2 is 0.350 bits per heavy atom. The molecule has 0 unspecified atom stereocenters. The molecule has 0 fully saturated rings. The van der Waals surface area contributed by atoms with E-state index in [1.165, 1.54) is 152 Å². The summed E-state index contributed by atoms with van der Waals surface area (Å²) in [6, 6.07) is 73.9. The average molecular weight is 1280 g/mol. The third-order valence-electron chi connectivity index (χ3n) is 21.4.